The number of hydrogen-bond donors (Lipinski definition) is 0. The summed E-state index contributed by atoms with van der Waals surface area (Å²) in [7, 11) is 0. The third kappa shape index (κ3) is 3.80. The molecule has 4 aromatic rings. The van der Waals surface area contributed by atoms with Crippen LogP contribution < -0.4 is 0 Å². The van der Waals surface area contributed by atoms with E-state index in [1.165, 1.54) is 22.9 Å². The zero-order valence-electron chi connectivity index (χ0n) is 17.5. The number of aromatic nitrogens is 5. The molecule has 0 spiro atoms. The highest BCUT2D eigenvalue weighted by atomic mass is 32.2. The highest BCUT2D eigenvalue weighted by Gasteiger charge is 2.19. The summed E-state index contributed by atoms with van der Waals surface area (Å²) >= 11 is 1.34. The number of aryl methyl sites for hydroxylation is 3. The predicted molar refractivity (Wildman–Crippen MR) is 119 cm³/mol. The second kappa shape index (κ2) is 8.28. The van der Waals surface area contributed by atoms with Crippen LogP contribution in [-0.4, -0.2) is 36.3 Å². The topological polar surface area (TPSA) is 65.6 Å². The third-order valence-corrected chi connectivity index (χ3v) is 6.17. The van der Waals surface area contributed by atoms with E-state index in [9.17, 15) is 4.79 Å². The van der Waals surface area contributed by atoms with Gasteiger partial charge in [0.25, 0.3) is 0 Å². The minimum absolute atomic E-state index is 0.0609. The summed E-state index contributed by atoms with van der Waals surface area (Å²) in [4.78, 5) is 13.0. The van der Waals surface area contributed by atoms with E-state index in [1.54, 1.807) is 4.68 Å². The SMILES string of the molecule is Cc1ccc(-n2c(C)cc(C(=O)CSc3nnnn3-c3ccccc3)c2C)cc1C. The lowest BCUT2D eigenvalue weighted by atomic mass is 10.1. The number of benzene rings is 2. The maximum absolute atomic E-state index is 13.0. The van der Waals surface area contributed by atoms with Gasteiger partial charge in [0.05, 0.1) is 11.4 Å². The molecule has 7 heteroatoms. The molecule has 4 rings (SSSR count). The molecule has 0 fully saturated rings. The van der Waals surface area contributed by atoms with Gasteiger partial charge in [-0.05, 0) is 79.6 Å². The van der Waals surface area contributed by atoms with Crippen molar-refractivity contribution >= 4 is 17.5 Å². The maximum atomic E-state index is 13.0. The van der Waals surface area contributed by atoms with Gasteiger partial charge in [-0.1, -0.05) is 36.0 Å². The van der Waals surface area contributed by atoms with Crippen LogP contribution in [0, 0.1) is 27.7 Å². The number of para-hydroxylation sites is 1. The van der Waals surface area contributed by atoms with Crippen molar-refractivity contribution in [1.82, 2.24) is 24.8 Å². The van der Waals surface area contributed by atoms with Gasteiger partial charge in [0, 0.05) is 22.6 Å². The van der Waals surface area contributed by atoms with E-state index in [-0.39, 0.29) is 11.5 Å². The fourth-order valence-corrected chi connectivity index (χ4v) is 4.29. The Kier molecular flexibility index (Phi) is 5.55. The Morgan fingerprint density at radius 3 is 2.43 bits per heavy atom. The van der Waals surface area contributed by atoms with Crippen LogP contribution in [0.5, 0.6) is 0 Å². The highest BCUT2D eigenvalue weighted by molar-refractivity contribution is 7.99. The van der Waals surface area contributed by atoms with Crippen molar-refractivity contribution in [2.45, 2.75) is 32.9 Å². The molecule has 0 N–H and O–H groups in total. The van der Waals surface area contributed by atoms with Gasteiger partial charge in [-0.3, -0.25) is 4.79 Å². The summed E-state index contributed by atoms with van der Waals surface area (Å²) in [6.45, 7) is 8.23. The lowest BCUT2D eigenvalue weighted by molar-refractivity contribution is 0.102. The molecule has 0 bridgehead atoms. The summed E-state index contributed by atoms with van der Waals surface area (Å²) in [6.07, 6.45) is 0. The highest BCUT2D eigenvalue weighted by Crippen LogP contribution is 2.25. The molecule has 0 amide bonds. The van der Waals surface area contributed by atoms with Gasteiger partial charge in [-0.15, -0.1) is 5.10 Å². The predicted octanol–water partition coefficient (Wildman–Crippen LogP) is 4.66. The third-order valence-electron chi connectivity index (χ3n) is 5.25. The molecule has 0 aliphatic heterocycles. The van der Waals surface area contributed by atoms with Crippen molar-refractivity contribution in [1.29, 1.82) is 0 Å². The van der Waals surface area contributed by atoms with Gasteiger partial charge in [0.1, 0.15) is 0 Å². The first-order chi connectivity index (χ1) is 14.5. The summed E-state index contributed by atoms with van der Waals surface area (Å²) in [5.41, 5.74) is 7.15. The van der Waals surface area contributed by atoms with Gasteiger partial charge in [0.15, 0.2) is 5.78 Å². The summed E-state index contributed by atoms with van der Waals surface area (Å²) < 4.78 is 3.79. The van der Waals surface area contributed by atoms with Gasteiger partial charge in [-0.25, -0.2) is 0 Å². The molecule has 0 aliphatic carbocycles. The first kappa shape index (κ1) is 20.1. The maximum Gasteiger partial charge on any atom is 0.214 e. The van der Waals surface area contributed by atoms with Crippen LogP contribution >= 0.6 is 11.8 Å². The van der Waals surface area contributed by atoms with E-state index in [1.807, 2.05) is 50.2 Å². The molecule has 2 heterocycles. The number of thioether (sulfide) groups is 1. The smallest absolute Gasteiger partial charge is 0.214 e. The number of rotatable bonds is 6. The molecule has 152 valence electrons. The molecular formula is C23H23N5OS. The minimum Gasteiger partial charge on any atom is -0.318 e. The van der Waals surface area contributed by atoms with E-state index in [4.69, 9.17) is 0 Å². The van der Waals surface area contributed by atoms with Gasteiger partial charge in [-0.2, -0.15) is 4.68 Å². The summed E-state index contributed by atoms with van der Waals surface area (Å²) in [6, 6.07) is 18.0. The van der Waals surface area contributed by atoms with Crippen LogP contribution in [0.1, 0.15) is 32.9 Å². The monoisotopic (exact) mass is 417 g/mol. The normalized spacial score (nSPS) is 11.1. The van der Waals surface area contributed by atoms with E-state index >= 15 is 0 Å². The van der Waals surface area contributed by atoms with Gasteiger partial charge in [0.2, 0.25) is 5.16 Å². The number of nitrogens with zero attached hydrogens (tertiary/aromatic N) is 5. The van der Waals surface area contributed by atoms with Crippen LogP contribution in [0.2, 0.25) is 0 Å². The lowest BCUT2D eigenvalue weighted by Crippen LogP contribution is -2.07. The Bertz CT molecular complexity index is 1210. The molecule has 30 heavy (non-hydrogen) atoms. The standard InChI is InChI=1S/C23H23N5OS/c1-15-10-11-20(12-16(15)2)27-17(3)13-21(18(27)4)22(29)14-30-23-24-25-26-28(23)19-8-6-5-7-9-19/h5-13H,14H2,1-4H3. The van der Waals surface area contributed by atoms with E-state index < -0.39 is 0 Å². The number of hydrogen-bond acceptors (Lipinski definition) is 5. The molecule has 0 atom stereocenters. The van der Waals surface area contributed by atoms with E-state index in [2.05, 4.69) is 52.1 Å². The molecule has 0 saturated carbocycles. The largest absolute Gasteiger partial charge is 0.318 e. The van der Waals surface area contributed by atoms with Crippen LogP contribution in [0.25, 0.3) is 11.4 Å². The second-order valence-electron chi connectivity index (χ2n) is 7.31. The Hall–Kier alpha value is -3.19. The van der Waals surface area contributed by atoms with Crippen molar-refractivity contribution in [2.75, 3.05) is 5.75 Å². The Morgan fingerprint density at radius 2 is 1.70 bits per heavy atom. The first-order valence-corrected chi connectivity index (χ1v) is 10.7. The minimum atomic E-state index is 0.0609. The second-order valence-corrected chi connectivity index (χ2v) is 8.25. The van der Waals surface area contributed by atoms with E-state index in [0.29, 0.717) is 5.16 Å². The molecule has 0 radical (unpaired) electrons. The zero-order valence-corrected chi connectivity index (χ0v) is 18.3. The molecule has 2 aromatic carbocycles. The lowest BCUT2D eigenvalue weighted by Gasteiger charge is -2.12. The van der Waals surface area contributed by atoms with E-state index in [0.717, 1.165) is 28.3 Å². The molecule has 2 aromatic heterocycles. The molecule has 0 saturated heterocycles. The summed E-state index contributed by atoms with van der Waals surface area (Å²) in [5.74, 6) is 0.329. The number of carbonyl (C=O) groups excluding carboxylic acids is 1. The molecule has 0 unspecified atom stereocenters. The number of Topliss-reactive ketones (excluding diaryl/α,β-unsaturated/α-hetero) is 1. The van der Waals surface area contributed by atoms with Crippen LogP contribution in [0.4, 0.5) is 0 Å². The first-order valence-electron chi connectivity index (χ1n) is 9.72. The fourth-order valence-electron chi connectivity index (χ4n) is 3.52. The van der Waals surface area contributed by atoms with Crippen molar-refractivity contribution in [3.8, 4) is 11.4 Å². The molecular weight excluding hydrogens is 394 g/mol. The Morgan fingerprint density at radius 1 is 0.933 bits per heavy atom. The van der Waals surface area contributed by atoms with Crippen molar-refractivity contribution in [3.05, 3.63) is 82.7 Å². The van der Waals surface area contributed by atoms with Gasteiger partial charge >= 0.3 is 0 Å². The van der Waals surface area contributed by atoms with Crippen molar-refractivity contribution in [3.63, 3.8) is 0 Å². The number of tetrazole rings is 1. The molecule has 6 nitrogen and oxygen atoms in total. The quantitative estimate of drug-likeness (QED) is 0.337. The van der Waals surface area contributed by atoms with Crippen molar-refractivity contribution < 1.29 is 4.79 Å². The molecule has 0 aliphatic rings. The Labute approximate surface area is 179 Å². The van der Waals surface area contributed by atoms with Crippen LogP contribution in [0.3, 0.4) is 0 Å². The van der Waals surface area contributed by atoms with Gasteiger partial charge < -0.3 is 4.57 Å². The Balaban J connectivity index is 1.56. The van der Waals surface area contributed by atoms with Crippen LogP contribution in [-0.2, 0) is 0 Å². The zero-order chi connectivity index (χ0) is 21.3. The number of carbonyl (C=O) groups is 1. The fraction of sp³-hybridized carbons (Fsp3) is 0.217. The average Bonchev–Trinajstić information content (AvgIpc) is 3.33. The number of ketones is 1. The van der Waals surface area contributed by atoms with Crippen molar-refractivity contribution in [2.24, 2.45) is 0 Å². The van der Waals surface area contributed by atoms with Crippen LogP contribution in [0.15, 0.2) is 59.8 Å². The average molecular weight is 418 g/mol. The summed E-state index contributed by atoms with van der Waals surface area (Å²) in [5, 5.41) is 12.5.